The van der Waals surface area contributed by atoms with Crippen molar-refractivity contribution in [2.75, 3.05) is 6.61 Å². The Balaban J connectivity index is 1.69. The Hall–Kier alpha value is -2.61. The van der Waals surface area contributed by atoms with Gasteiger partial charge in [-0.25, -0.2) is 0 Å². The molecule has 1 aliphatic carbocycles. The lowest BCUT2D eigenvalue weighted by molar-refractivity contribution is -0.183. The van der Waals surface area contributed by atoms with Crippen molar-refractivity contribution >= 4 is 25.0 Å². The van der Waals surface area contributed by atoms with E-state index in [4.69, 9.17) is 13.9 Å². The number of aldehydes is 1. The van der Waals surface area contributed by atoms with E-state index in [0.717, 1.165) is 11.9 Å². The van der Waals surface area contributed by atoms with Crippen LogP contribution in [0, 0.1) is 5.41 Å². The Bertz CT molecular complexity index is 1260. The van der Waals surface area contributed by atoms with Crippen molar-refractivity contribution < 1.29 is 23.8 Å². The highest BCUT2D eigenvalue weighted by molar-refractivity contribution is 6.99. The highest BCUT2D eigenvalue weighted by Gasteiger charge is 2.56. The van der Waals surface area contributed by atoms with Crippen LogP contribution in [0.25, 0.3) is 0 Å². The number of allylic oxidation sites excluding steroid dienone is 1. The van der Waals surface area contributed by atoms with Crippen LogP contribution in [-0.2, 0) is 18.7 Å². The van der Waals surface area contributed by atoms with Gasteiger partial charge < -0.3 is 19.0 Å². The van der Waals surface area contributed by atoms with Crippen LogP contribution < -0.4 is 10.4 Å². The molecule has 3 atom stereocenters. The summed E-state index contributed by atoms with van der Waals surface area (Å²) in [5.41, 5.74) is -0.415. The first-order valence-corrected chi connectivity index (χ1v) is 16.5. The van der Waals surface area contributed by atoms with Crippen LogP contribution in [0.4, 0.5) is 0 Å². The maximum Gasteiger partial charge on any atom is 0.261 e. The van der Waals surface area contributed by atoms with Gasteiger partial charge in [-0.1, -0.05) is 101 Å². The highest BCUT2D eigenvalue weighted by atomic mass is 28.4. The summed E-state index contributed by atoms with van der Waals surface area (Å²) in [6.07, 6.45) is 8.31. The molecule has 41 heavy (non-hydrogen) atoms. The molecule has 1 heterocycles. The molecule has 1 aliphatic heterocycles. The largest absolute Gasteiger partial charge is 0.403 e. The zero-order valence-electron chi connectivity index (χ0n) is 25.8. The Morgan fingerprint density at radius 2 is 1.51 bits per heavy atom. The van der Waals surface area contributed by atoms with E-state index < -0.39 is 25.1 Å². The first-order valence-electron chi connectivity index (χ1n) is 14.6. The van der Waals surface area contributed by atoms with Crippen molar-refractivity contribution in [2.45, 2.75) is 90.4 Å². The summed E-state index contributed by atoms with van der Waals surface area (Å²) in [5, 5.41) is 14.2. The quantitative estimate of drug-likeness (QED) is 0.140. The van der Waals surface area contributed by atoms with Gasteiger partial charge in [0.05, 0.1) is 18.8 Å². The van der Waals surface area contributed by atoms with E-state index in [9.17, 15) is 9.90 Å². The molecule has 0 unspecified atom stereocenters. The normalized spacial score (nSPS) is 26.4. The SMILES string of the molecule is CC1=CC2(CC(C)(C)[C@@]1(O)/C=C/C(=C\C=O)CO[Si](c1ccccc1)(c1ccccc1)C(C)(C)C)O[C@@H](C)[C@H](C)O2. The number of hydrogen-bond acceptors (Lipinski definition) is 5. The molecular formula is C35H46O5Si. The molecule has 5 nitrogen and oxygen atoms in total. The van der Waals surface area contributed by atoms with E-state index in [1.54, 1.807) is 6.08 Å². The average Bonchev–Trinajstić information content (AvgIpc) is 3.17. The maximum absolute atomic E-state index is 12.1. The van der Waals surface area contributed by atoms with Gasteiger partial charge in [-0.2, -0.15) is 0 Å². The van der Waals surface area contributed by atoms with Crippen molar-refractivity contribution in [3.05, 3.63) is 96.1 Å². The summed E-state index contributed by atoms with van der Waals surface area (Å²) in [7, 11) is -2.80. The van der Waals surface area contributed by atoms with Crippen LogP contribution in [0.2, 0.25) is 5.04 Å². The number of carbonyl (C=O) groups excluding carboxylic acids is 1. The smallest absolute Gasteiger partial charge is 0.261 e. The molecule has 6 heteroatoms. The molecule has 0 saturated carbocycles. The molecule has 2 aromatic carbocycles. The van der Waals surface area contributed by atoms with Gasteiger partial charge in [-0.15, -0.1) is 0 Å². The van der Waals surface area contributed by atoms with E-state index in [2.05, 4.69) is 69.3 Å². The fraction of sp³-hybridized carbons (Fsp3) is 0.457. The Morgan fingerprint density at radius 3 is 1.95 bits per heavy atom. The molecule has 1 N–H and O–H groups in total. The Morgan fingerprint density at radius 1 is 1.00 bits per heavy atom. The second-order valence-electron chi connectivity index (χ2n) is 13.3. The van der Waals surface area contributed by atoms with Crippen molar-refractivity contribution in [2.24, 2.45) is 5.41 Å². The summed E-state index contributed by atoms with van der Waals surface area (Å²) in [5.74, 6) is -0.847. The molecule has 2 aliphatic rings. The van der Waals surface area contributed by atoms with E-state index in [1.807, 2.05) is 58.9 Å². The van der Waals surface area contributed by atoms with Crippen molar-refractivity contribution in [1.82, 2.24) is 0 Å². The van der Waals surface area contributed by atoms with Gasteiger partial charge in [0.15, 0.2) is 5.79 Å². The van der Waals surface area contributed by atoms with Gasteiger partial charge in [0, 0.05) is 11.8 Å². The summed E-state index contributed by atoms with van der Waals surface area (Å²) in [6.45, 7) is 16.9. The molecule has 1 fully saturated rings. The van der Waals surface area contributed by atoms with Crippen LogP contribution in [0.3, 0.4) is 0 Å². The Labute approximate surface area is 247 Å². The molecule has 0 aromatic heterocycles. The lowest BCUT2D eigenvalue weighted by atomic mass is 9.63. The minimum absolute atomic E-state index is 0.0302. The molecule has 4 rings (SSSR count). The minimum Gasteiger partial charge on any atom is -0.403 e. The van der Waals surface area contributed by atoms with Crippen molar-refractivity contribution in [1.29, 1.82) is 0 Å². The summed E-state index contributed by atoms with van der Waals surface area (Å²) in [4.78, 5) is 11.8. The van der Waals surface area contributed by atoms with Gasteiger partial charge in [-0.05, 0) is 65.6 Å². The van der Waals surface area contributed by atoms with Gasteiger partial charge in [-0.3, -0.25) is 4.79 Å². The van der Waals surface area contributed by atoms with Gasteiger partial charge >= 0.3 is 0 Å². The summed E-state index contributed by atoms with van der Waals surface area (Å²) < 4.78 is 19.6. The first-order chi connectivity index (χ1) is 19.2. The van der Waals surface area contributed by atoms with Crippen molar-refractivity contribution in [3.8, 4) is 0 Å². The van der Waals surface area contributed by atoms with Gasteiger partial charge in [0.2, 0.25) is 0 Å². The maximum atomic E-state index is 12.1. The zero-order chi connectivity index (χ0) is 30.1. The van der Waals surface area contributed by atoms with E-state index in [1.165, 1.54) is 16.4 Å². The van der Waals surface area contributed by atoms with Crippen LogP contribution in [-0.4, -0.2) is 49.9 Å². The average molecular weight is 575 g/mol. The minimum atomic E-state index is -2.80. The summed E-state index contributed by atoms with van der Waals surface area (Å²) in [6, 6.07) is 20.9. The number of rotatable bonds is 8. The lowest BCUT2D eigenvalue weighted by Gasteiger charge is -2.49. The highest BCUT2D eigenvalue weighted by Crippen LogP contribution is 2.52. The van der Waals surface area contributed by atoms with Crippen LogP contribution in [0.5, 0.6) is 0 Å². The van der Waals surface area contributed by atoms with Gasteiger partial charge in [0.1, 0.15) is 11.9 Å². The summed E-state index contributed by atoms with van der Waals surface area (Å²) >= 11 is 0. The number of carbonyl (C=O) groups is 1. The fourth-order valence-corrected chi connectivity index (χ4v) is 11.1. The van der Waals surface area contributed by atoms with Crippen LogP contribution in [0.1, 0.15) is 61.8 Å². The predicted octanol–water partition coefficient (Wildman–Crippen LogP) is 5.87. The monoisotopic (exact) mass is 574 g/mol. The first kappa shape index (κ1) is 31.3. The molecule has 220 valence electrons. The number of benzene rings is 2. The van der Waals surface area contributed by atoms with Crippen LogP contribution in [0.15, 0.2) is 96.1 Å². The predicted molar refractivity (Wildman–Crippen MR) is 168 cm³/mol. The molecule has 0 bridgehead atoms. The number of aliphatic hydroxyl groups is 1. The van der Waals surface area contributed by atoms with E-state index >= 15 is 0 Å². The second-order valence-corrected chi connectivity index (χ2v) is 17.6. The second kappa shape index (κ2) is 11.6. The molecule has 0 amide bonds. The molecule has 2 aromatic rings. The third-order valence-corrected chi connectivity index (χ3v) is 13.9. The van der Waals surface area contributed by atoms with E-state index in [-0.39, 0.29) is 23.9 Å². The zero-order valence-corrected chi connectivity index (χ0v) is 26.8. The van der Waals surface area contributed by atoms with E-state index in [0.29, 0.717) is 12.0 Å². The molecular weight excluding hydrogens is 528 g/mol. The third-order valence-electron chi connectivity index (χ3n) is 8.88. The van der Waals surface area contributed by atoms with Gasteiger partial charge in [0.25, 0.3) is 8.32 Å². The standard InChI is InChI=1S/C35H46O5Si/c1-26-23-34(39-27(2)28(3)40-34)25-33(7,8)35(26,37)21-19-29(20-22-36)24-38-41(32(4,5)6,30-15-11-9-12-16-30)31-17-13-10-14-18-31/h9-23,27-28,37H,24-25H2,1-8H3/b21-19+,29-20+/t27-,28-,35+/m0/s1. The third kappa shape index (κ3) is 5.86. The molecule has 0 radical (unpaired) electrons. The lowest BCUT2D eigenvalue weighted by Crippen LogP contribution is -2.66. The Kier molecular flexibility index (Phi) is 8.85. The topological polar surface area (TPSA) is 65.0 Å². The molecule has 1 spiro atoms. The number of ether oxygens (including phenoxy) is 2. The fourth-order valence-electron chi connectivity index (χ4n) is 6.55. The van der Waals surface area contributed by atoms with Crippen molar-refractivity contribution in [3.63, 3.8) is 0 Å². The number of hydrogen-bond donors (Lipinski definition) is 1. The van der Waals surface area contributed by atoms with Crippen LogP contribution >= 0.6 is 0 Å². The molecule has 1 saturated heterocycles.